The Bertz CT molecular complexity index is 300. The first kappa shape index (κ1) is 14.2. The Morgan fingerprint density at radius 3 is 2.11 bits per heavy atom. The fourth-order valence-electron chi connectivity index (χ4n) is 5.80. The van der Waals surface area contributed by atoms with E-state index in [-0.39, 0.29) is 12.4 Å². The van der Waals surface area contributed by atoms with Gasteiger partial charge in [-0.1, -0.05) is 12.8 Å². The van der Waals surface area contributed by atoms with E-state index in [1.165, 1.54) is 19.6 Å². The van der Waals surface area contributed by atoms with Crippen molar-refractivity contribution in [1.29, 1.82) is 0 Å². The van der Waals surface area contributed by atoms with Crippen LogP contribution in [0.4, 0.5) is 0 Å². The van der Waals surface area contributed by atoms with Crippen LogP contribution in [0.3, 0.4) is 0 Å². The first-order valence-electron chi connectivity index (χ1n) is 8.11. The molecule has 0 aromatic carbocycles. The smallest absolute Gasteiger partial charge is 0.0594 e. The molecule has 4 aliphatic carbocycles. The van der Waals surface area contributed by atoms with Crippen LogP contribution in [0.2, 0.25) is 0 Å². The van der Waals surface area contributed by atoms with E-state index in [0.29, 0.717) is 5.41 Å². The highest BCUT2D eigenvalue weighted by atomic mass is 35.5. The van der Waals surface area contributed by atoms with E-state index < -0.39 is 0 Å². The van der Waals surface area contributed by atoms with Gasteiger partial charge in [0.25, 0.3) is 0 Å². The molecule has 0 aromatic rings. The van der Waals surface area contributed by atoms with Gasteiger partial charge in [0.15, 0.2) is 0 Å². The number of hydrogen-bond donors (Lipinski definition) is 0. The van der Waals surface area contributed by atoms with Gasteiger partial charge in [-0.2, -0.15) is 0 Å². The Morgan fingerprint density at radius 2 is 1.47 bits per heavy atom. The molecular weight excluding hydrogens is 258 g/mol. The monoisotopic (exact) mass is 284 g/mol. The lowest BCUT2D eigenvalue weighted by Gasteiger charge is -2.50. The molecule has 1 heterocycles. The summed E-state index contributed by atoms with van der Waals surface area (Å²) in [6.45, 7) is 5.68. The minimum atomic E-state index is 0. The Hall–Kier alpha value is 0.210. The summed E-state index contributed by atoms with van der Waals surface area (Å²) in [5.41, 5.74) is 0.713. The quantitative estimate of drug-likeness (QED) is 0.704. The number of rotatable bonds is 2. The fraction of sp³-hybridized carbons (Fsp3) is 1.00. The fourth-order valence-corrected chi connectivity index (χ4v) is 5.80. The maximum atomic E-state index is 5.50. The van der Waals surface area contributed by atoms with Crippen LogP contribution in [-0.2, 0) is 4.74 Å². The van der Waals surface area contributed by atoms with Crippen molar-refractivity contribution in [1.82, 2.24) is 4.90 Å². The lowest BCUT2D eigenvalue weighted by atomic mass is 9.58. The lowest BCUT2D eigenvalue weighted by Crippen LogP contribution is -3.00. The van der Waals surface area contributed by atoms with Crippen molar-refractivity contribution < 1.29 is 17.1 Å². The zero-order valence-electron chi connectivity index (χ0n) is 12.0. The van der Waals surface area contributed by atoms with Crippen molar-refractivity contribution in [2.24, 2.45) is 23.2 Å². The molecular formula is C16H27ClNO-. The molecule has 3 heteroatoms. The normalized spacial score (nSPS) is 45.8. The van der Waals surface area contributed by atoms with Crippen molar-refractivity contribution in [3.63, 3.8) is 0 Å². The predicted molar refractivity (Wildman–Crippen MR) is 72.5 cm³/mol. The first-order chi connectivity index (χ1) is 8.81. The minimum absolute atomic E-state index is 0. The standard InChI is InChI=1S/C16H27NO.ClH/c1-2-14-8-15-7-13(1)9-16(10-14,11-15)12-17-3-5-18-6-4-17;/h13-15H,1-12H2;1H/p-1. The Morgan fingerprint density at radius 1 is 0.895 bits per heavy atom. The maximum Gasteiger partial charge on any atom is 0.0594 e. The van der Waals surface area contributed by atoms with Gasteiger partial charge in [0.2, 0.25) is 0 Å². The summed E-state index contributed by atoms with van der Waals surface area (Å²) < 4.78 is 5.50. The summed E-state index contributed by atoms with van der Waals surface area (Å²) in [7, 11) is 0. The molecule has 2 nitrogen and oxygen atoms in total. The number of fused-ring (bicyclic) bond motifs is 1. The third-order valence-electron chi connectivity index (χ3n) is 6.14. The minimum Gasteiger partial charge on any atom is -1.00 e. The van der Waals surface area contributed by atoms with E-state index >= 15 is 0 Å². The topological polar surface area (TPSA) is 12.5 Å². The third kappa shape index (κ3) is 2.82. The van der Waals surface area contributed by atoms with Crippen LogP contribution in [0.15, 0.2) is 0 Å². The molecule has 5 rings (SSSR count). The molecule has 5 aliphatic rings. The summed E-state index contributed by atoms with van der Waals surface area (Å²) in [5.74, 6) is 3.25. The van der Waals surface area contributed by atoms with Crippen molar-refractivity contribution in [3.8, 4) is 0 Å². The van der Waals surface area contributed by atoms with E-state index in [4.69, 9.17) is 4.74 Å². The highest BCUT2D eigenvalue weighted by Gasteiger charge is 2.48. The molecule has 4 bridgehead atoms. The number of nitrogens with zero attached hydrogens (tertiary/aromatic N) is 1. The van der Waals surface area contributed by atoms with E-state index in [0.717, 1.165) is 31.0 Å². The van der Waals surface area contributed by atoms with Gasteiger partial charge in [0, 0.05) is 19.6 Å². The van der Waals surface area contributed by atoms with Gasteiger partial charge in [0.1, 0.15) is 0 Å². The lowest BCUT2D eigenvalue weighted by molar-refractivity contribution is -0.0296. The van der Waals surface area contributed by atoms with Crippen LogP contribution in [-0.4, -0.2) is 37.7 Å². The van der Waals surface area contributed by atoms with Gasteiger partial charge in [-0.15, -0.1) is 0 Å². The van der Waals surface area contributed by atoms with Gasteiger partial charge in [-0.05, 0) is 55.3 Å². The maximum absolute atomic E-state index is 5.50. The second-order valence-corrected chi connectivity index (χ2v) is 7.65. The largest absolute Gasteiger partial charge is 1.00 e. The molecule has 0 amide bonds. The van der Waals surface area contributed by atoms with Crippen LogP contribution >= 0.6 is 0 Å². The molecule has 0 spiro atoms. The van der Waals surface area contributed by atoms with Crippen LogP contribution in [0, 0.1) is 23.2 Å². The second kappa shape index (κ2) is 5.54. The van der Waals surface area contributed by atoms with Crippen molar-refractivity contribution in [2.75, 3.05) is 32.8 Å². The zero-order valence-corrected chi connectivity index (χ0v) is 12.7. The van der Waals surface area contributed by atoms with E-state index in [2.05, 4.69) is 4.90 Å². The summed E-state index contributed by atoms with van der Waals surface area (Å²) in [4.78, 5) is 2.70. The molecule has 1 saturated heterocycles. The van der Waals surface area contributed by atoms with E-state index in [1.807, 2.05) is 0 Å². The molecule has 2 unspecified atom stereocenters. The molecule has 5 fully saturated rings. The van der Waals surface area contributed by atoms with Crippen molar-refractivity contribution in [3.05, 3.63) is 0 Å². The molecule has 4 saturated carbocycles. The third-order valence-corrected chi connectivity index (χ3v) is 6.14. The number of hydrogen-bond acceptors (Lipinski definition) is 2. The van der Waals surface area contributed by atoms with Crippen LogP contribution < -0.4 is 12.4 Å². The average molecular weight is 285 g/mol. The summed E-state index contributed by atoms with van der Waals surface area (Å²) in [6, 6.07) is 0. The highest BCUT2D eigenvalue weighted by molar-refractivity contribution is 5.00. The van der Waals surface area contributed by atoms with Crippen LogP contribution in [0.5, 0.6) is 0 Å². The summed E-state index contributed by atoms with van der Waals surface area (Å²) in [5, 5.41) is 0. The zero-order chi connectivity index (χ0) is 12.0. The number of halogens is 1. The summed E-state index contributed by atoms with van der Waals surface area (Å²) >= 11 is 0. The highest BCUT2D eigenvalue weighted by Crippen LogP contribution is 2.57. The number of ether oxygens (including phenoxy) is 1. The SMILES string of the molecule is C1CN(CC23CC4CCC(CC(C4)C2)C3)CCO1.[Cl-]. The van der Waals surface area contributed by atoms with Crippen LogP contribution in [0.25, 0.3) is 0 Å². The van der Waals surface area contributed by atoms with Crippen LogP contribution in [0.1, 0.15) is 44.9 Å². The van der Waals surface area contributed by atoms with Gasteiger partial charge in [-0.25, -0.2) is 0 Å². The molecule has 110 valence electrons. The Labute approximate surface area is 123 Å². The molecule has 19 heavy (non-hydrogen) atoms. The van der Waals surface area contributed by atoms with Gasteiger partial charge in [-0.3, -0.25) is 4.90 Å². The number of morpholine rings is 1. The molecule has 0 aromatic heterocycles. The van der Waals surface area contributed by atoms with E-state index in [1.54, 1.807) is 44.9 Å². The molecule has 2 atom stereocenters. The first-order valence-corrected chi connectivity index (χ1v) is 8.11. The van der Waals surface area contributed by atoms with Gasteiger partial charge >= 0.3 is 0 Å². The van der Waals surface area contributed by atoms with E-state index in [9.17, 15) is 0 Å². The predicted octanol–water partition coefficient (Wildman–Crippen LogP) is -0.0709. The average Bonchev–Trinajstić information content (AvgIpc) is 2.56. The summed E-state index contributed by atoms with van der Waals surface area (Å²) in [6.07, 6.45) is 10.9. The Balaban J connectivity index is 0.00000110. The second-order valence-electron chi connectivity index (χ2n) is 7.65. The Kier molecular flexibility index (Phi) is 4.13. The van der Waals surface area contributed by atoms with Gasteiger partial charge < -0.3 is 17.1 Å². The van der Waals surface area contributed by atoms with Crippen molar-refractivity contribution in [2.45, 2.75) is 44.9 Å². The molecule has 1 aliphatic heterocycles. The van der Waals surface area contributed by atoms with Crippen molar-refractivity contribution >= 4 is 0 Å². The molecule has 0 radical (unpaired) electrons. The van der Waals surface area contributed by atoms with Gasteiger partial charge in [0.05, 0.1) is 13.2 Å². The molecule has 0 N–H and O–H groups in total.